The number of hydrogen-bond donors (Lipinski definition) is 0. The first-order chi connectivity index (χ1) is 33.5. The van der Waals surface area contributed by atoms with Gasteiger partial charge in [0.25, 0.3) is 0 Å². The van der Waals surface area contributed by atoms with E-state index in [1.165, 1.54) is 77.0 Å². The lowest BCUT2D eigenvalue weighted by Crippen LogP contribution is -2.30. The van der Waals surface area contributed by atoms with Gasteiger partial charge in [-0.1, -0.05) is 232 Å². The molecule has 0 rings (SSSR count). The Morgan fingerprint density at radius 3 is 1.12 bits per heavy atom. The predicted molar refractivity (Wildman–Crippen MR) is 293 cm³/mol. The smallest absolute Gasteiger partial charge is 0.306 e. The first kappa shape index (κ1) is 63.8. The summed E-state index contributed by atoms with van der Waals surface area (Å²) in [7, 11) is 0. The van der Waals surface area contributed by atoms with Gasteiger partial charge in [0.2, 0.25) is 0 Å². The highest BCUT2D eigenvalue weighted by molar-refractivity contribution is 5.71. The molecule has 0 heterocycles. The quantitative estimate of drug-likeness (QED) is 0.0199. The van der Waals surface area contributed by atoms with Crippen molar-refractivity contribution in [2.24, 2.45) is 0 Å². The van der Waals surface area contributed by atoms with Crippen molar-refractivity contribution in [3.05, 3.63) is 122 Å². The second-order valence-corrected chi connectivity index (χ2v) is 17.9. The molecule has 6 nitrogen and oxygen atoms in total. The maximum Gasteiger partial charge on any atom is 0.306 e. The van der Waals surface area contributed by atoms with Crippen LogP contribution in [0.5, 0.6) is 0 Å². The molecule has 1 atom stereocenters. The number of ether oxygens (including phenoxy) is 3. The minimum atomic E-state index is -0.827. The minimum absolute atomic E-state index is 0.119. The lowest BCUT2D eigenvalue weighted by Gasteiger charge is -2.18. The summed E-state index contributed by atoms with van der Waals surface area (Å²) in [6, 6.07) is 0. The van der Waals surface area contributed by atoms with Crippen molar-refractivity contribution < 1.29 is 28.6 Å². The summed E-state index contributed by atoms with van der Waals surface area (Å²) >= 11 is 0. The summed E-state index contributed by atoms with van der Waals surface area (Å²) in [5.74, 6) is -1.02. The monoisotopic (exact) mass is 941 g/mol. The highest BCUT2D eigenvalue weighted by atomic mass is 16.6. The van der Waals surface area contributed by atoms with E-state index in [1.54, 1.807) is 0 Å². The Morgan fingerprint density at radius 2 is 0.647 bits per heavy atom. The third-order valence-electron chi connectivity index (χ3n) is 11.3. The van der Waals surface area contributed by atoms with E-state index in [1.807, 2.05) is 24.3 Å². The van der Waals surface area contributed by atoms with Crippen molar-refractivity contribution in [1.29, 1.82) is 0 Å². The molecule has 0 saturated carbocycles. The summed E-state index contributed by atoms with van der Waals surface area (Å²) < 4.78 is 16.8. The van der Waals surface area contributed by atoms with Gasteiger partial charge in [-0.05, 0) is 103 Å². The van der Waals surface area contributed by atoms with Crippen LogP contribution in [0.25, 0.3) is 0 Å². The first-order valence-electron chi connectivity index (χ1n) is 27.6. The van der Waals surface area contributed by atoms with Gasteiger partial charge < -0.3 is 14.2 Å². The van der Waals surface area contributed by atoms with E-state index in [0.717, 1.165) is 109 Å². The Kier molecular flexibility index (Phi) is 52.0. The number of unbranched alkanes of at least 4 members (excludes halogenated alkanes) is 21. The molecule has 0 aromatic heterocycles. The van der Waals surface area contributed by atoms with E-state index in [2.05, 4.69) is 118 Å². The van der Waals surface area contributed by atoms with Gasteiger partial charge in [-0.25, -0.2) is 0 Å². The molecule has 0 fully saturated rings. The van der Waals surface area contributed by atoms with E-state index >= 15 is 0 Å². The fourth-order valence-electron chi connectivity index (χ4n) is 7.14. The number of hydrogen-bond acceptors (Lipinski definition) is 6. The first-order valence-corrected chi connectivity index (χ1v) is 27.6. The molecular weight excluding hydrogens is 841 g/mol. The van der Waals surface area contributed by atoms with Gasteiger partial charge in [0, 0.05) is 19.3 Å². The second kappa shape index (κ2) is 55.4. The third-order valence-corrected chi connectivity index (χ3v) is 11.3. The van der Waals surface area contributed by atoms with Crippen LogP contribution in [0, 0.1) is 0 Å². The lowest BCUT2D eigenvalue weighted by atomic mass is 10.1. The molecule has 0 radical (unpaired) electrons. The molecular formula is C62H100O6. The Morgan fingerprint density at radius 1 is 0.324 bits per heavy atom. The fourth-order valence-corrected chi connectivity index (χ4v) is 7.14. The summed E-state index contributed by atoms with van der Waals surface area (Å²) in [5.41, 5.74) is 0. The lowest BCUT2D eigenvalue weighted by molar-refractivity contribution is -0.167. The summed E-state index contributed by atoms with van der Waals surface area (Å²) in [6.07, 6.45) is 76.1. The van der Waals surface area contributed by atoms with Crippen molar-refractivity contribution in [3.8, 4) is 0 Å². The molecule has 0 aromatic rings. The van der Waals surface area contributed by atoms with E-state index in [0.29, 0.717) is 19.3 Å². The van der Waals surface area contributed by atoms with Crippen LogP contribution in [0.2, 0.25) is 0 Å². The zero-order valence-corrected chi connectivity index (χ0v) is 43.8. The predicted octanol–water partition coefficient (Wildman–Crippen LogP) is 18.5. The largest absolute Gasteiger partial charge is 0.462 e. The van der Waals surface area contributed by atoms with Crippen molar-refractivity contribution in [2.45, 2.75) is 239 Å². The van der Waals surface area contributed by atoms with Crippen molar-refractivity contribution in [1.82, 2.24) is 0 Å². The average Bonchev–Trinajstić information content (AvgIpc) is 3.34. The maximum absolute atomic E-state index is 12.8. The standard InChI is InChI=1S/C62H100O6/c1-4-7-10-13-16-19-22-25-28-30-32-34-37-40-43-46-49-52-55-61(64)67-58-59(57-66-60(63)54-51-48-45-42-39-36-33-27-24-21-18-15-12-9-6-3)68-62(65)56-53-50-47-44-41-38-35-31-29-26-23-20-17-14-11-8-5-2/h9,12,15,17-18,20-21,24,26-30,32-35,38,44,47,59H,4-8,10-11,13-14,16,19,22-23,25,31,36-37,39-43,45-46,48-58H2,1-3H3/b12-9-,18-15-,20-17-,24-21-,29-26-,30-28-,33-27-,34-32-,38-35-,47-44-. The third kappa shape index (κ3) is 52.8. The number of carbonyl (C=O) groups is 3. The fraction of sp³-hybridized carbons (Fsp3) is 0.629. The van der Waals surface area contributed by atoms with Crippen molar-refractivity contribution in [2.75, 3.05) is 13.2 Å². The topological polar surface area (TPSA) is 78.9 Å². The molecule has 384 valence electrons. The molecule has 1 unspecified atom stereocenters. The average molecular weight is 941 g/mol. The van der Waals surface area contributed by atoms with Crippen molar-refractivity contribution in [3.63, 3.8) is 0 Å². The molecule has 0 aliphatic heterocycles. The summed E-state index contributed by atoms with van der Waals surface area (Å²) in [6.45, 7) is 6.38. The van der Waals surface area contributed by atoms with Gasteiger partial charge in [-0.2, -0.15) is 0 Å². The Balaban J connectivity index is 4.56. The molecule has 0 aromatic carbocycles. The zero-order valence-electron chi connectivity index (χ0n) is 43.8. The van der Waals surface area contributed by atoms with Crippen LogP contribution in [0.4, 0.5) is 0 Å². The van der Waals surface area contributed by atoms with E-state index in [4.69, 9.17) is 14.2 Å². The molecule has 6 heteroatoms. The van der Waals surface area contributed by atoms with Crippen LogP contribution in [-0.2, 0) is 28.6 Å². The second-order valence-electron chi connectivity index (χ2n) is 17.9. The number of allylic oxidation sites excluding steroid dienone is 20. The van der Waals surface area contributed by atoms with E-state index in [9.17, 15) is 14.4 Å². The molecule has 0 aliphatic carbocycles. The van der Waals surface area contributed by atoms with Crippen LogP contribution < -0.4 is 0 Å². The minimum Gasteiger partial charge on any atom is -0.462 e. The van der Waals surface area contributed by atoms with Gasteiger partial charge >= 0.3 is 17.9 Å². The normalized spacial score (nSPS) is 13.0. The number of esters is 3. The zero-order chi connectivity index (χ0) is 49.3. The van der Waals surface area contributed by atoms with Crippen LogP contribution >= 0.6 is 0 Å². The van der Waals surface area contributed by atoms with Gasteiger partial charge in [0.15, 0.2) is 6.10 Å². The Bertz CT molecular complexity index is 1450. The summed E-state index contributed by atoms with van der Waals surface area (Å²) in [4.78, 5) is 38.1. The van der Waals surface area contributed by atoms with Crippen LogP contribution in [0.3, 0.4) is 0 Å². The molecule has 0 spiro atoms. The maximum atomic E-state index is 12.8. The molecule has 0 aliphatic rings. The SMILES string of the molecule is CC\C=C/C=C\C=C/C=C\CCCCCCCC(=O)OCC(COC(=O)CCCCCCC/C=C\C=C/CCCCCCCCC)OC(=O)CCC/C=C\C/C=C\C/C=C\C/C=C\CCCCC. The van der Waals surface area contributed by atoms with Gasteiger partial charge in [-0.15, -0.1) is 0 Å². The summed E-state index contributed by atoms with van der Waals surface area (Å²) in [5, 5.41) is 0. The molecule has 0 N–H and O–H groups in total. The van der Waals surface area contributed by atoms with Gasteiger partial charge in [-0.3, -0.25) is 14.4 Å². The highest BCUT2D eigenvalue weighted by Crippen LogP contribution is 2.13. The number of carbonyl (C=O) groups excluding carboxylic acids is 3. The van der Waals surface area contributed by atoms with Crippen molar-refractivity contribution >= 4 is 17.9 Å². The Hall–Kier alpha value is -4.19. The van der Waals surface area contributed by atoms with Crippen LogP contribution in [0.1, 0.15) is 233 Å². The molecule has 0 bridgehead atoms. The van der Waals surface area contributed by atoms with E-state index < -0.39 is 6.10 Å². The van der Waals surface area contributed by atoms with Gasteiger partial charge in [0.1, 0.15) is 13.2 Å². The van der Waals surface area contributed by atoms with E-state index in [-0.39, 0.29) is 37.5 Å². The molecule has 0 amide bonds. The van der Waals surface area contributed by atoms with Crippen LogP contribution in [0.15, 0.2) is 122 Å². The number of rotatable bonds is 48. The van der Waals surface area contributed by atoms with Crippen LogP contribution in [-0.4, -0.2) is 37.2 Å². The highest BCUT2D eigenvalue weighted by Gasteiger charge is 2.19. The molecule has 0 saturated heterocycles. The van der Waals surface area contributed by atoms with Gasteiger partial charge in [0.05, 0.1) is 0 Å². The molecule has 68 heavy (non-hydrogen) atoms. The Labute approximate surface area is 418 Å².